The number of rotatable bonds is 2. The van der Waals surface area contributed by atoms with Gasteiger partial charge in [0.15, 0.2) is 0 Å². The van der Waals surface area contributed by atoms with Gasteiger partial charge in [0.2, 0.25) is 5.91 Å². The molecule has 1 aliphatic rings. The summed E-state index contributed by atoms with van der Waals surface area (Å²) in [5.74, 6) is 0.109. The number of amides is 1. The first-order valence-electron chi connectivity index (χ1n) is 6.45. The van der Waals surface area contributed by atoms with E-state index in [1.54, 1.807) is 5.01 Å². The molecule has 1 amide bonds. The van der Waals surface area contributed by atoms with Gasteiger partial charge in [-0.2, -0.15) is 0 Å². The topological polar surface area (TPSA) is 32.3 Å². The minimum atomic E-state index is 0.0626. The molecule has 1 N–H and O–H groups in total. The SMILES string of the molecule is Cc1cccc(C2CC(=O)N(c3ccccc3)N2)c1. The Balaban J connectivity index is 1.84. The number of hydrazine groups is 1. The second-order valence-electron chi connectivity index (χ2n) is 4.86. The summed E-state index contributed by atoms with van der Waals surface area (Å²) >= 11 is 0. The predicted octanol–water partition coefficient (Wildman–Crippen LogP) is 2.98. The Morgan fingerprint density at radius 1 is 1.11 bits per heavy atom. The number of para-hydroxylation sites is 1. The highest BCUT2D eigenvalue weighted by atomic mass is 16.2. The summed E-state index contributed by atoms with van der Waals surface area (Å²) in [6.45, 7) is 2.06. The number of nitrogens with zero attached hydrogens (tertiary/aromatic N) is 1. The van der Waals surface area contributed by atoms with E-state index in [1.807, 2.05) is 36.4 Å². The maximum absolute atomic E-state index is 12.1. The van der Waals surface area contributed by atoms with E-state index >= 15 is 0 Å². The van der Waals surface area contributed by atoms with Crippen LogP contribution >= 0.6 is 0 Å². The third-order valence-electron chi connectivity index (χ3n) is 3.37. The van der Waals surface area contributed by atoms with Gasteiger partial charge in [-0.05, 0) is 24.6 Å². The van der Waals surface area contributed by atoms with E-state index in [4.69, 9.17) is 0 Å². The lowest BCUT2D eigenvalue weighted by Gasteiger charge is -2.18. The van der Waals surface area contributed by atoms with Crippen LogP contribution in [0.15, 0.2) is 54.6 Å². The summed E-state index contributed by atoms with van der Waals surface area (Å²) < 4.78 is 0. The second kappa shape index (κ2) is 4.86. The van der Waals surface area contributed by atoms with Crippen molar-refractivity contribution < 1.29 is 4.79 Å². The van der Waals surface area contributed by atoms with Crippen LogP contribution in [0, 0.1) is 6.92 Å². The van der Waals surface area contributed by atoms with Crippen molar-refractivity contribution in [2.45, 2.75) is 19.4 Å². The molecule has 2 aromatic carbocycles. The highest BCUT2D eigenvalue weighted by molar-refractivity contribution is 5.95. The van der Waals surface area contributed by atoms with Crippen LogP contribution in [0.1, 0.15) is 23.6 Å². The molecule has 3 rings (SSSR count). The summed E-state index contributed by atoms with van der Waals surface area (Å²) in [5, 5.41) is 1.65. The van der Waals surface area contributed by atoms with Crippen molar-refractivity contribution in [3.8, 4) is 0 Å². The maximum Gasteiger partial charge on any atom is 0.243 e. The van der Waals surface area contributed by atoms with Crippen LogP contribution in [0.4, 0.5) is 5.69 Å². The third kappa shape index (κ3) is 2.37. The fourth-order valence-corrected chi connectivity index (χ4v) is 2.41. The molecule has 1 heterocycles. The molecule has 0 bridgehead atoms. The molecule has 96 valence electrons. The van der Waals surface area contributed by atoms with E-state index < -0.39 is 0 Å². The van der Waals surface area contributed by atoms with E-state index in [2.05, 4.69) is 30.5 Å². The van der Waals surface area contributed by atoms with E-state index in [0.29, 0.717) is 6.42 Å². The van der Waals surface area contributed by atoms with Crippen molar-refractivity contribution in [3.05, 3.63) is 65.7 Å². The van der Waals surface area contributed by atoms with Gasteiger partial charge in [-0.15, -0.1) is 0 Å². The maximum atomic E-state index is 12.1. The highest BCUT2D eigenvalue weighted by Gasteiger charge is 2.30. The zero-order chi connectivity index (χ0) is 13.2. The van der Waals surface area contributed by atoms with Gasteiger partial charge in [-0.25, -0.2) is 10.4 Å². The molecule has 2 aromatic rings. The van der Waals surface area contributed by atoms with E-state index in [-0.39, 0.29) is 11.9 Å². The highest BCUT2D eigenvalue weighted by Crippen LogP contribution is 2.27. The van der Waals surface area contributed by atoms with Crippen molar-refractivity contribution in [2.75, 3.05) is 5.01 Å². The predicted molar refractivity (Wildman–Crippen MR) is 75.6 cm³/mol. The molecule has 3 nitrogen and oxygen atoms in total. The molecule has 19 heavy (non-hydrogen) atoms. The van der Waals surface area contributed by atoms with Crippen LogP contribution in [0.3, 0.4) is 0 Å². The van der Waals surface area contributed by atoms with Gasteiger partial charge in [0, 0.05) is 6.42 Å². The number of hydrogen-bond acceptors (Lipinski definition) is 2. The fraction of sp³-hybridized carbons (Fsp3) is 0.188. The molecule has 1 atom stereocenters. The van der Waals surface area contributed by atoms with E-state index in [0.717, 1.165) is 11.3 Å². The molecule has 1 saturated heterocycles. The summed E-state index contributed by atoms with van der Waals surface area (Å²) in [5.41, 5.74) is 6.55. The van der Waals surface area contributed by atoms with Crippen molar-refractivity contribution in [3.63, 3.8) is 0 Å². The molecule has 1 fully saturated rings. The van der Waals surface area contributed by atoms with Crippen molar-refractivity contribution in [1.29, 1.82) is 0 Å². The Hall–Kier alpha value is -2.13. The summed E-state index contributed by atoms with van der Waals surface area (Å²) in [7, 11) is 0. The van der Waals surface area contributed by atoms with Gasteiger partial charge in [0.25, 0.3) is 0 Å². The zero-order valence-corrected chi connectivity index (χ0v) is 10.8. The first kappa shape index (κ1) is 11.9. The average molecular weight is 252 g/mol. The number of carbonyl (C=O) groups is 1. The molecule has 3 heteroatoms. The molecule has 0 saturated carbocycles. The minimum Gasteiger partial charge on any atom is -0.273 e. The molecule has 0 spiro atoms. The quantitative estimate of drug-likeness (QED) is 0.891. The smallest absolute Gasteiger partial charge is 0.243 e. The minimum absolute atomic E-state index is 0.0626. The first-order chi connectivity index (χ1) is 9.24. The van der Waals surface area contributed by atoms with Crippen molar-refractivity contribution >= 4 is 11.6 Å². The van der Waals surface area contributed by atoms with Crippen LogP contribution in [0.5, 0.6) is 0 Å². The lowest BCUT2D eigenvalue weighted by atomic mass is 10.0. The van der Waals surface area contributed by atoms with E-state index in [1.165, 1.54) is 5.56 Å². The van der Waals surface area contributed by atoms with Crippen molar-refractivity contribution in [2.24, 2.45) is 0 Å². The van der Waals surface area contributed by atoms with E-state index in [9.17, 15) is 4.79 Å². The number of hydrogen-bond donors (Lipinski definition) is 1. The number of aryl methyl sites for hydroxylation is 1. The number of carbonyl (C=O) groups excluding carboxylic acids is 1. The van der Waals surface area contributed by atoms with Crippen LogP contribution in [0.25, 0.3) is 0 Å². The molecular weight excluding hydrogens is 236 g/mol. The molecule has 0 aliphatic carbocycles. The lowest BCUT2D eigenvalue weighted by Crippen LogP contribution is -2.34. The Bertz CT molecular complexity index is 595. The Kier molecular flexibility index (Phi) is 3.05. The molecular formula is C16H16N2O. The number of anilines is 1. The number of benzene rings is 2. The van der Waals surface area contributed by atoms with Crippen LogP contribution in [-0.4, -0.2) is 5.91 Å². The van der Waals surface area contributed by atoms with Crippen molar-refractivity contribution in [1.82, 2.24) is 5.43 Å². The first-order valence-corrected chi connectivity index (χ1v) is 6.45. The Labute approximate surface area is 112 Å². The molecule has 0 radical (unpaired) electrons. The van der Waals surface area contributed by atoms with Crippen LogP contribution in [-0.2, 0) is 4.79 Å². The van der Waals surface area contributed by atoms with Crippen LogP contribution in [0.2, 0.25) is 0 Å². The summed E-state index contributed by atoms with van der Waals surface area (Å²) in [6, 6.07) is 18.0. The summed E-state index contributed by atoms with van der Waals surface area (Å²) in [4.78, 5) is 12.1. The van der Waals surface area contributed by atoms with Gasteiger partial charge in [0.1, 0.15) is 0 Å². The normalized spacial score (nSPS) is 18.9. The largest absolute Gasteiger partial charge is 0.273 e. The van der Waals surface area contributed by atoms with Gasteiger partial charge < -0.3 is 0 Å². The van der Waals surface area contributed by atoms with Gasteiger partial charge in [-0.3, -0.25) is 4.79 Å². The Morgan fingerprint density at radius 3 is 2.63 bits per heavy atom. The van der Waals surface area contributed by atoms with Gasteiger partial charge in [0.05, 0.1) is 11.7 Å². The monoisotopic (exact) mass is 252 g/mol. The fourth-order valence-electron chi connectivity index (χ4n) is 2.41. The molecule has 1 unspecified atom stereocenters. The third-order valence-corrected chi connectivity index (χ3v) is 3.37. The van der Waals surface area contributed by atoms with Gasteiger partial charge >= 0.3 is 0 Å². The standard InChI is InChI=1S/C16H16N2O/c1-12-6-5-7-13(10-12)15-11-16(19)18(17-15)14-8-3-2-4-9-14/h2-10,15,17H,11H2,1H3. The lowest BCUT2D eigenvalue weighted by molar-refractivity contribution is -0.117. The second-order valence-corrected chi connectivity index (χ2v) is 4.86. The van der Waals surface area contributed by atoms with Crippen LogP contribution < -0.4 is 10.4 Å². The molecule has 1 aliphatic heterocycles. The summed E-state index contributed by atoms with van der Waals surface area (Å²) in [6.07, 6.45) is 0.498. The van der Waals surface area contributed by atoms with Gasteiger partial charge in [-0.1, -0.05) is 48.0 Å². The molecule has 0 aromatic heterocycles. The Morgan fingerprint density at radius 2 is 1.89 bits per heavy atom. The zero-order valence-electron chi connectivity index (χ0n) is 10.8. The number of nitrogens with one attached hydrogen (secondary N) is 1. The average Bonchev–Trinajstić information content (AvgIpc) is 2.82.